The molecule has 2 nitrogen and oxygen atoms in total. The van der Waals surface area contributed by atoms with Gasteiger partial charge in [0, 0.05) is 19.1 Å². The van der Waals surface area contributed by atoms with E-state index in [4.69, 9.17) is 16.9 Å². The minimum Gasteiger partial charge on any atom is -0.374 e. The number of nitrogens with two attached hydrogens (primary N) is 1. The van der Waals surface area contributed by atoms with E-state index in [9.17, 15) is 0 Å². The number of ether oxygens (including phenoxy) is 1. The molecule has 98 valence electrons. The van der Waals surface area contributed by atoms with E-state index in [1.807, 2.05) is 0 Å². The Hall–Kier alpha value is -0.520. The maximum Gasteiger partial charge on any atom is 0.0833 e. The third-order valence-electron chi connectivity index (χ3n) is 4.16. The van der Waals surface area contributed by atoms with Gasteiger partial charge < -0.3 is 10.5 Å². The molecule has 0 amide bonds. The van der Waals surface area contributed by atoms with Gasteiger partial charge in [-0.25, -0.2) is 0 Å². The van der Waals surface area contributed by atoms with Gasteiger partial charge in [0.2, 0.25) is 0 Å². The molecular weight excluding hydrogens is 210 g/mol. The molecule has 1 aliphatic rings. The smallest absolute Gasteiger partial charge is 0.0833 e. The lowest BCUT2D eigenvalue weighted by Crippen LogP contribution is -2.53. The van der Waals surface area contributed by atoms with Crippen LogP contribution in [-0.4, -0.2) is 18.2 Å². The molecule has 2 heteroatoms. The quantitative estimate of drug-likeness (QED) is 0.746. The lowest BCUT2D eigenvalue weighted by molar-refractivity contribution is -0.0999. The van der Waals surface area contributed by atoms with E-state index in [0.717, 1.165) is 32.3 Å². The summed E-state index contributed by atoms with van der Waals surface area (Å²) in [6, 6.07) is 0.0783. The maximum atomic E-state index is 6.32. The zero-order valence-corrected chi connectivity index (χ0v) is 11.6. The highest BCUT2D eigenvalue weighted by molar-refractivity contribution is 4.99. The fourth-order valence-electron chi connectivity index (χ4n) is 2.76. The van der Waals surface area contributed by atoms with Crippen LogP contribution in [0.25, 0.3) is 0 Å². The SMILES string of the molecule is C#CCCC(N)C1(OCC)CCC(C)(C)CC1. The van der Waals surface area contributed by atoms with E-state index >= 15 is 0 Å². The topological polar surface area (TPSA) is 35.2 Å². The van der Waals surface area contributed by atoms with E-state index in [0.29, 0.717) is 5.41 Å². The summed E-state index contributed by atoms with van der Waals surface area (Å²) in [5, 5.41) is 0. The van der Waals surface area contributed by atoms with Gasteiger partial charge in [-0.2, -0.15) is 0 Å². The first kappa shape index (κ1) is 14.5. The lowest BCUT2D eigenvalue weighted by Gasteiger charge is -2.46. The van der Waals surface area contributed by atoms with Gasteiger partial charge in [0.25, 0.3) is 0 Å². The second kappa shape index (κ2) is 5.89. The number of terminal acetylenes is 1. The van der Waals surface area contributed by atoms with Gasteiger partial charge in [0.1, 0.15) is 0 Å². The van der Waals surface area contributed by atoms with Gasteiger partial charge in [0.15, 0.2) is 0 Å². The Bertz CT molecular complexity index is 267. The van der Waals surface area contributed by atoms with Crippen LogP contribution >= 0.6 is 0 Å². The Balaban J connectivity index is 2.67. The van der Waals surface area contributed by atoms with Crippen molar-refractivity contribution >= 4 is 0 Å². The summed E-state index contributed by atoms with van der Waals surface area (Å²) < 4.78 is 6.03. The first-order chi connectivity index (χ1) is 7.96. The molecule has 1 rings (SSSR count). The van der Waals surface area contributed by atoms with Crippen LogP contribution in [-0.2, 0) is 4.74 Å². The van der Waals surface area contributed by atoms with E-state index < -0.39 is 0 Å². The molecular formula is C15H27NO. The number of hydrogen-bond donors (Lipinski definition) is 1. The highest BCUT2D eigenvalue weighted by Crippen LogP contribution is 2.43. The molecule has 0 aromatic carbocycles. The van der Waals surface area contributed by atoms with Crippen molar-refractivity contribution in [2.75, 3.05) is 6.61 Å². The van der Waals surface area contributed by atoms with Crippen LogP contribution in [0, 0.1) is 17.8 Å². The van der Waals surface area contributed by atoms with Crippen molar-refractivity contribution in [3.63, 3.8) is 0 Å². The zero-order chi connectivity index (χ0) is 12.9. The van der Waals surface area contributed by atoms with Gasteiger partial charge in [-0.3, -0.25) is 0 Å². The average Bonchev–Trinajstić information content (AvgIpc) is 2.29. The summed E-state index contributed by atoms with van der Waals surface area (Å²) in [7, 11) is 0. The Morgan fingerprint density at radius 1 is 1.29 bits per heavy atom. The summed E-state index contributed by atoms with van der Waals surface area (Å²) in [4.78, 5) is 0. The minimum atomic E-state index is -0.124. The highest BCUT2D eigenvalue weighted by Gasteiger charge is 2.42. The van der Waals surface area contributed by atoms with Crippen LogP contribution in [0.5, 0.6) is 0 Å². The van der Waals surface area contributed by atoms with Crippen molar-refractivity contribution in [3.05, 3.63) is 0 Å². The van der Waals surface area contributed by atoms with Crippen LogP contribution in [0.3, 0.4) is 0 Å². The molecule has 0 aromatic heterocycles. The standard InChI is InChI=1S/C15H27NO/c1-5-7-8-13(16)15(17-6-2)11-9-14(3,4)10-12-15/h1,13H,6-12,16H2,2-4H3. The third kappa shape index (κ3) is 3.72. The Morgan fingerprint density at radius 3 is 2.35 bits per heavy atom. The van der Waals surface area contributed by atoms with Crippen molar-refractivity contribution in [2.24, 2.45) is 11.1 Å². The van der Waals surface area contributed by atoms with Crippen molar-refractivity contribution < 1.29 is 4.74 Å². The molecule has 1 saturated carbocycles. The highest BCUT2D eigenvalue weighted by atomic mass is 16.5. The second-order valence-corrected chi connectivity index (χ2v) is 6.01. The van der Waals surface area contributed by atoms with E-state index in [1.54, 1.807) is 0 Å². The van der Waals surface area contributed by atoms with Gasteiger partial charge >= 0.3 is 0 Å². The van der Waals surface area contributed by atoms with Crippen LogP contribution in [0.1, 0.15) is 59.3 Å². The summed E-state index contributed by atoms with van der Waals surface area (Å²) in [5.74, 6) is 2.68. The molecule has 0 radical (unpaired) electrons. The molecule has 0 heterocycles. The first-order valence-electron chi connectivity index (χ1n) is 6.79. The summed E-state index contributed by atoms with van der Waals surface area (Å²) in [5.41, 5.74) is 6.64. The van der Waals surface area contributed by atoms with E-state index in [-0.39, 0.29) is 11.6 Å². The van der Waals surface area contributed by atoms with Gasteiger partial charge in [-0.05, 0) is 44.4 Å². The molecule has 1 fully saturated rings. The monoisotopic (exact) mass is 237 g/mol. The fourth-order valence-corrected chi connectivity index (χ4v) is 2.76. The predicted molar refractivity (Wildman–Crippen MR) is 72.6 cm³/mol. The largest absolute Gasteiger partial charge is 0.374 e. The zero-order valence-electron chi connectivity index (χ0n) is 11.6. The Labute approximate surface area is 106 Å². The summed E-state index contributed by atoms with van der Waals surface area (Å²) in [6.07, 6.45) is 11.5. The van der Waals surface area contributed by atoms with Crippen LogP contribution < -0.4 is 5.73 Å². The van der Waals surface area contributed by atoms with Crippen molar-refractivity contribution in [1.82, 2.24) is 0 Å². The molecule has 0 aliphatic heterocycles. The average molecular weight is 237 g/mol. The second-order valence-electron chi connectivity index (χ2n) is 6.01. The van der Waals surface area contributed by atoms with Crippen LogP contribution in [0.15, 0.2) is 0 Å². The van der Waals surface area contributed by atoms with Gasteiger partial charge in [-0.15, -0.1) is 12.3 Å². The van der Waals surface area contributed by atoms with Crippen LogP contribution in [0.4, 0.5) is 0 Å². The van der Waals surface area contributed by atoms with Crippen molar-refractivity contribution in [1.29, 1.82) is 0 Å². The molecule has 1 atom stereocenters. The lowest BCUT2D eigenvalue weighted by atomic mass is 9.68. The molecule has 1 unspecified atom stereocenters. The molecule has 0 spiro atoms. The molecule has 17 heavy (non-hydrogen) atoms. The first-order valence-corrected chi connectivity index (χ1v) is 6.79. The number of hydrogen-bond acceptors (Lipinski definition) is 2. The summed E-state index contributed by atoms with van der Waals surface area (Å²) >= 11 is 0. The number of rotatable bonds is 5. The Kier molecular flexibility index (Phi) is 5.04. The molecule has 2 N–H and O–H groups in total. The molecule has 0 bridgehead atoms. The van der Waals surface area contributed by atoms with Crippen LogP contribution in [0.2, 0.25) is 0 Å². The maximum absolute atomic E-state index is 6.32. The van der Waals surface area contributed by atoms with Crippen molar-refractivity contribution in [2.45, 2.75) is 70.9 Å². The third-order valence-corrected chi connectivity index (χ3v) is 4.16. The molecule has 0 saturated heterocycles. The molecule has 1 aliphatic carbocycles. The predicted octanol–water partition coefficient (Wildman–Crippen LogP) is 3.10. The van der Waals surface area contributed by atoms with E-state index in [1.165, 1.54) is 12.8 Å². The molecule has 0 aromatic rings. The summed E-state index contributed by atoms with van der Waals surface area (Å²) in [6.45, 7) is 7.45. The van der Waals surface area contributed by atoms with Gasteiger partial charge in [-0.1, -0.05) is 13.8 Å². The van der Waals surface area contributed by atoms with Gasteiger partial charge in [0.05, 0.1) is 5.60 Å². The fraction of sp³-hybridized carbons (Fsp3) is 0.867. The Morgan fingerprint density at radius 2 is 1.88 bits per heavy atom. The van der Waals surface area contributed by atoms with E-state index in [2.05, 4.69) is 26.7 Å². The van der Waals surface area contributed by atoms with Crippen molar-refractivity contribution in [3.8, 4) is 12.3 Å². The normalized spacial score (nSPS) is 23.9. The minimum absolute atomic E-state index is 0.0783.